The number of quaternary nitrogens is 1. The van der Waals surface area contributed by atoms with Crippen LogP contribution in [0.15, 0.2) is 101 Å². The standard InChI is InChI=1S/C19H33N3O5.C12H22N2O4.C11H18N2O3.C11H19NO5.C10H17NO4.C10H17NO3.C8H16N2O.C4H8O.BH2OP.ClH/c1-6-8-9-11-15(23)20-12-13-21-17(25)16(24)14(10-7-2)22-18(26)27-19(3,4)5;1-7-8-9(10(15)14(5)17-6)13-11(16)18-12(2,3)4;1-5-6-8(9(14)7-12)13-10(15)16-11(2,3)4;1-5-6-7(8(13)9(14)15)12-10(16)17-11(2,3)4;1-5-6-7(8(12)13)11-9(14)15-10(2,3)4;1-5-6-8(7-12)11-9(13)14-10(2,3)4;1-2-3-4-5-8(11)10-7-6-9;1-2-4-5-3-1;2-1-3;/h6-7,14,16,24H,1-2,8-13H2,3-5H3,(H,20,23)(H,21,25)(H,22,26);7,9H,1,8H2,2-6H3,(H,13,16);5,8-9,14H,1,6H2,2-4H3,(H,13,15);5,7-8,13H,1,6H2,2-4H3,(H,12,16)(H,14,15);5,7H,1,6H2,2-4H3,(H,11,14)(H,12,13);5,7-8H,1,6H2,2-4H3,(H,11,13);2H,1,3-7,9H2,(H,10,11);1-4H2;3H2;1H. The minimum absolute atomic E-state index is 0. The number of nitriles is 1. The van der Waals surface area contributed by atoms with Gasteiger partial charge in [0.25, 0.3) is 11.8 Å². The molecular formula is C85H153BClN12O27P. The van der Waals surface area contributed by atoms with Crippen molar-refractivity contribution in [2.45, 2.75) is 303 Å². The van der Waals surface area contributed by atoms with Gasteiger partial charge in [-0.05, 0) is 202 Å². The number of carboxylic acids is 2. The molecule has 127 heavy (non-hydrogen) atoms. The summed E-state index contributed by atoms with van der Waals surface area (Å²) >= 11 is 0. The first-order valence-electron chi connectivity index (χ1n) is 40.5. The first-order chi connectivity index (χ1) is 58.1. The molecule has 10 atom stereocenters. The van der Waals surface area contributed by atoms with Gasteiger partial charge >= 0.3 is 69.2 Å². The molecule has 0 bridgehead atoms. The number of ether oxygens (including phenoxy) is 7. The molecule has 1 rings (SSSR count). The zero-order valence-electron chi connectivity index (χ0n) is 78.5. The summed E-state index contributed by atoms with van der Waals surface area (Å²) < 4.78 is 43.8. The monoisotopic (exact) mass is 1850 g/mol. The van der Waals surface area contributed by atoms with E-state index in [0.29, 0.717) is 51.8 Å². The molecule has 0 aromatic carbocycles. The Bertz CT molecular complexity index is 3280. The molecule has 1 aliphatic rings. The van der Waals surface area contributed by atoms with E-state index < -0.39 is 143 Å². The fraction of sp³-hybridized carbons (Fsp3) is 0.647. The van der Waals surface area contributed by atoms with Crippen LogP contribution in [0.3, 0.4) is 0 Å². The number of carbonyl (C=O) groups is 13. The largest absolute Gasteiger partial charge is 1.00 e. The number of amides is 10. The Morgan fingerprint density at radius 1 is 0.480 bits per heavy atom. The smallest absolute Gasteiger partial charge is 1.00 e. The molecule has 39 nitrogen and oxygen atoms in total. The molecule has 1 heterocycles. The number of aliphatic carboxylic acids is 2. The maximum absolute atomic E-state index is 12.1. The van der Waals surface area contributed by atoms with Gasteiger partial charge in [0.05, 0.1) is 50.4 Å². The maximum atomic E-state index is 12.1. The van der Waals surface area contributed by atoms with Gasteiger partial charge in [-0.2, -0.15) is 5.26 Å². The van der Waals surface area contributed by atoms with Gasteiger partial charge in [-0.1, -0.05) is 48.6 Å². The van der Waals surface area contributed by atoms with Crippen molar-refractivity contribution < 1.29 is 149 Å². The number of halogens is 1. The van der Waals surface area contributed by atoms with Gasteiger partial charge in [0.1, 0.15) is 52.0 Å². The summed E-state index contributed by atoms with van der Waals surface area (Å²) in [4.78, 5) is 152. The molecule has 1 aliphatic heterocycles. The molecule has 42 heteroatoms. The van der Waals surface area contributed by atoms with E-state index >= 15 is 0 Å². The summed E-state index contributed by atoms with van der Waals surface area (Å²) in [5, 5.41) is 78.1. The first-order valence-corrected chi connectivity index (χ1v) is 41.2. The number of aliphatic hydroxyl groups is 3. The van der Waals surface area contributed by atoms with Crippen molar-refractivity contribution in [3.8, 4) is 6.07 Å². The fourth-order valence-corrected chi connectivity index (χ4v) is 8.15. The number of carbonyl (C=O) groups excluding carboxylic acids is 11. The van der Waals surface area contributed by atoms with Crippen LogP contribution in [0.5, 0.6) is 0 Å². The maximum Gasteiger partial charge on any atom is -1.00 e. The normalized spacial score (nSPS) is 13.0. The van der Waals surface area contributed by atoms with Crippen molar-refractivity contribution in [2.75, 3.05) is 53.6 Å². The Kier molecular flexibility index (Phi) is 83.0. The van der Waals surface area contributed by atoms with Gasteiger partial charge in [-0.3, -0.25) is 24.0 Å². The van der Waals surface area contributed by atoms with Crippen LogP contribution in [0.4, 0.5) is 28.8 Å². The SMILES string of the molecule is C1CCOC1.C=CCC(C=O)NC(=O)OC(C)(C)C.C=CCC(NC(=O)OC(C)(C)C)C(=O)N(C)OC.C=CCC(NC(=O)OC(C)(C)C)C(=O)O.C=CCC(NC(=O)OC(C)(C)C)C(O)C#N.C=CCC(NC(=O)OC(C)(C)C)C(O)C(=O)O.C=CCCCC(=O)NCCNC(=O)C(O)C(CC=C)NC(=O)OC(C)(C)C.C=CCCCC(=O)NCC[NH3+].O=BP.[Cl-]. The molecule has 10 unspecified atom stereocenters. The Hall–Kier alpha value is -10.1. The predicted molar refractivity (Wildman–Crippen MR) is 484 cm³/mol. The number of allylic oxidation sites excluding steroid dienone is 2. The van der Waals surface area contributed by atoms with Crippen LogP contribution in [-0.4, -0.2) is 258 Å². The molecular weight excluding hydrogens is 1700 g/mol. The molecule has 0 spiro atoms. The second-order valence-electron chi connectivity index (χ2n) is 32.5. The number of nitrogens with one attached hydrogen (secondary N) is 9. The molecule has 0 aliphatic carbocycles. The van der Waals surface area contributed by atoms with Crippen LogP contribution < -0.4 is 66.0 Å². The van der Waals surface area contributed by atoms with Crippen LogP contribution in [0.2, 0.25) is 0 Å². The third-order valence-corrected chi connectivity index (χ3v) is 13.5. The summed E-state index contributed by atoms with van der Waals surface area (Å²) in [6, 6.07) is -3.16. The number of rotatable bonds is 40. The molecule has 730 valence electrons. The van der Waals surface area contributed by atoms with Gasteiger partial charge in [-0.15, -0.1) is 52.6 Å². The van der Waals surface area contributed by atoms with Gasteiger partial charge < -0.3 is 129 Å². The number of alkyl carbamates (subject to hydrolysis) is 6. The van der Waals surface area contributed by atoms with Crippen molar-refractivity contribution in [3.63, 3.8) is 0 Å². The number of hydrogen-bond donors (Lipinski definition) is 15. The first kappa shape index (κ1) is 135. The summed E-state index contributed by atoms with van der Waals surface area (Å²) in [6.45, 7) is 63.6. The van der Waals surface area contributed by atoms with E-state index in [4.69, 9.17) is 58.2 Å². The van der Waals surface area contributed by atoms with Crippen molar-refractivity contribution in [2.24, 2.45) is 0 Å². The average Bonchev–Trinajstić information content (AvgIpc) is 1.65. The molecule has 10 amide bonds. The topological polar surface area (TPSA) is 577 Å². The molecule has 1 fully saturated rings. The van der Waals surface area contributed by atoms with E-state index in [-0.39, 0.29) is 62.5 Å². The number of nitrogens with zero attached hydrogens (tertiary/aromatic N) is 2. The van der Waals surface area contributed by atoms with E-state index in [1.807, 2.05) is 15.2 Å². The molecule has 0 saturated carbocycles. The quantitative estimate of drug-likeness (QED) is 0.00515. The fourth-order valence-electron chi connectivity index (χ4n) is 8.15. The van der Waals surface area contributed by atoms with E-state index in [1.165, 1.54) is 51.3 Å². The van der Waals surface area contributed by atoms with Gasteiger partial charge in [0.15, 0.2) is 18.3 Å². The summed E-state index contributed by atoms with van der Waals surface area (Å²) in [6.07, 6.45) is 13.0. The van der Waals surface area contributed by atoms with Crippen LogP contribution in [0.1, 0.15) is 215 Å². The van der Waals surface area contributed by atoms with E-state index in [9.17, 15) is 77.6 Å². The Labute approximate surface area is 761 Å². The number of likely N-dealkylation sites (N-methyl/N-ethyl adjacent to an activating group) is 1. The number of aliphatic hydroxyl groups excluding tert-OH is 3. The van der Waals surface area contributed by atoms with Gasteiger partial charge in [-0.25, -0.2) is 43.4 Å². The van der Waals surface area contributed by atoms with Crippen LogP contribution in [-0.2, 0) is 76.3 Å². The summed E-state index contributed by atoms with van der Waals surface area (Å²) in [5.41, 5.74) is -0.165. The second kappa shape index (κ2) is 78.1. The number of aldehydes is 1. The van der Waals surface area contributed by atoms with E-state index in [2.05, 4.69) is 106 Å². The number of hydrogen-bond acceptors (Lipinski definition) is 26. The second-order valence-corrected chi connectivity index (χ2v) is 32.8. The van der Waals surface area contributed by atoms with E-state index in [0.717, 1.165) is 50.5 Å². The van der Waals surface area contributed by atoms with Crippen molar-refractivity contribution >= 4 is 94.4 Å². The van der Waals surface area contributed by atoms with E-state index in [1.54, 1.807) is 149 Å². The number of unbranched alkanes of at least 4 members (excludes halogenated alkanes) is 2. The molecule has 0 aromatic rings. The van der Waals surface area contributed by atoms with Crippen molar-refractivity contribution in [1.82, 2.24) is 52.9 Å². The molecule has 0 radical (unpaired) electrons. The predicted octanol–water partition coefficient (Wildman–Crippen LogP) is 5.65. The minimum atomic E-state index is -1.69. The zero-order valence-corrected chi connectivity index (χ0v) is 80.5. The van der Waals surface area contributed by atoms with Crippen molar-refractivity contribution in [1.29, 1.82) is 5.26 Å². The average molecular weight is 1850 g/mol. The number of hydroxylamine groups is 2. The summed E-state index contributed by atoms with van der Waals surface area (Å²) in [7, 11) is 4.74. The Balaban J connectivity index is -0.000000182. The van der Waals surface area contributed by atoms with Gasteiger partial charge in [0.2, 0.25) is 11.8 Å². The molecule has 17 N–H and O–H groups in total. The van der Waals surface area contributed by atoms with Crippen LogP contribution in [0, 0.1) is 11.3 Å². The summed E-state index contributed by atoms with van der Waals surface area (Å²) in [5.74, 6) is -3.53. The zero-order chi connectivity index (χ0) is 99.6. The third kappa shape index (κ3) is 94.8. The number of carboxylic acid groups (broad SMARTS) is 2. The van der Waals surface area contributed by atoms with Gasteiger partial charge in [0, 0.05) is 46.2 Å². The molecule has 1 saturated heterocycles. The molecule has 0 aromatic heterocycles. The minimum Gasteiger partial charge on any atom is -1.00 e. The van der Waals surface area contributed by atoms with Crippen LogP contribution in [0.25, 0.3) is 0 Å². The van der Waals surface area contributed by atoms with Crippen molar-refractivity contribution in [3.05, 3.63) is 101 Å². The Morgan fingerprint density at radius 2 is 0.787 bits per heavy atom. The Morgan fingerprint density at radius 3 is 1.08 bits per heavy atom. The van der Waals surface area contributed by atoms with Crippen LogP contribution >= 0.6 is 9.12 Å². The third-order valence-electron chi connectivity index (χ3n) is 13.5.